The largest absolute Gasteiger partial charge is 0.350 e. The molecule has 2 heterocycles. The molecule has 0 spiro atoms. The molecule has 7 nitrogen and oxygen atoms in total. The van der Waals surface area contributed by atoms with Gasteiger partial charge in [0.15, 0.2) is 6.29 Å². The van der Waals surface area contributed by atoms with Gasteiger partial charge < -0.3 is 14.4 Å². The van der Waals surface area contributed by atoms with E-state index in [0.717, 1.165) is 12.8 Å². The number of halogens is 1. The van der Waals surface area contributed by atoms with E-state index in [9.17, 15) is 13.2 Å². The van der Waals surface area contributed by atoms with Crippen LogP contribution in [0.1, 0.15) is 37.0 Å². The number of hydrogen-bond donors (Lipinski definition) is 0. The topological polar surface area (TPSA) is 76.2 Å². The average Bonchev–Trinajstić information content (AvgIpc) is 3.23. The number of piperidine rings is 1. The normalized spacial score (nSPS) is 21.4. The third kappa shape index (κ3) is 4.36. The van der Waals surface area contributed by atoms with Crippen LogP contribution in [0.5, 0.6) is 0 Å². The SMILES string of the molecule is CCN(CC)S(=O)(=O)c1cc(C(=O)N2CCCC(C3OCCO3)C2)ccc1Cl. The van der Waals surface area contributed by atoms with Gasteiger partial charge >= 0.3 is 0 Å². The van der Waals surface area contributed by atoms with Crippen LogP contribution in [-0.4, -0.2) is 69.2 Å². The van der Waals surface area contributed by atoms with Gasteiger partial charge in [-0.05, 0) is 31.0 Å². The van der Waals surface area contributed by atoms with E-state index in [4.69, 9.17) is 21.1 Å². The molecule has 1 atom stereocenters. The van der Waals surface area contributed by atoms with Crippen LogP contribution in [0, 0.1) is 5.92 Å². The molecule has 1 aromatic rings. The van der Waals surface area contributed by atoms with Crippen molar-refractivity contribution >= 4 is 27.5 Å². The van der Waals surface area contributed by atoms with Crippen molar-refractivity contribution in [2.45, 2.75) is 37.9 Å². The van der Waals surface area contributed by atoms with E-state index < -0.39 is 10.0 Å². The second kappa shape index (κ2) is 9.09. The fourth-order valence-electron chi connectivity index (χ4n) is 3.78. The number of likely N-dealkylation sites (tertiary alicyclic amines) is 1. The maximum atomic E-state index is 13.1. The number of carbonyl (C=O) groups excluding carboxylic acids is 1. The molecule has 2 saturated heterocycles. The van der Waals surface area contributed by atoms with Gasteiger partial charge in [-0.25, -0.2) is 8.42 Å². The fraction of sp³-hybridized carbons (Fsp3) is 0.632. The first-order valence-electron chi connectivity index (χ1n) is 9.70. The van der Waals surface area contributed by atoms with Crippen molar-refractivity contribution in [3.05, 3.63) is 28.8 Å². The van der Waals surface area contributed by atoms with Gasteiger partial charge in [0.05, 0.1) is 18.2 Å². The maximum absolute atomic E-state index is 13.1. The van der Waals surface area contributed by atoms with Crippen LogP contribution in [0.25, 0.3) is 0 Å². The van der Waals surface area contributed by atoms with Gasteiger partial charge in [-0.2, -0.15) is 4.31 Å². The van der Waals surface area contributed by atoms with Crippen LogP contribution in [-0.2, 0) is 19.5 Å². The molecule has 0 bridgehead atoms. The molecule has 3 rings (SSSR count). The van der Waals surface area contributed by atoms with E-state index in [0.29, 0.717) is 45.0 Å². The molecular weight excluding hydrogens is 404 g/mol. The Morgan fingerprint density at radius 2 is 1.93 bits per heavy atom. The molecule has 0 radical (unpaired) electrons. The number of amides is 1. The first-order chi connectivity index (χ1) is 13.4. The zero-order valence-electron chi connectivity index (χ0n) is 16.3. The van der Waals surface area contributed by atoms with E-state index in [1.807, 2.05) is 0 Å². The van der Waals surface area contributed by atoms with E-state index in [1.165, 1.54) is 16.4 Å². The lowest BCUT2D eigenvalue weighted by Gasteiger charge is -2.34. The summed E-state index contributed by atoms with van der Waals surface area (Å²) in [7, 11) is -3.75. The van der Waals surface area contributed by atoms with Crippen molar-refractivity contribution in [1.29, 1.82) is 0 Å². The van der Waals surface area contributed by atoms with Crippen LogP contribution in [0.15, 0.2) is 23.1 Å². The van der Waals surface area contributed by atoms with Gasteiger partial charge in [0.1, 0.15) is 4.90 Å². The van der Waals surface area contributed by atoms with Crippen molar-refractivity contribution in [1.82, 2.24) is 9.21 Å². The number of hydrogen-bond acceptors (Lipinski definition) is 5. The molecule has 2 fully saturated rings. The zero-order chi connectivity index (χ0) is 20.3. The highest BCUT2D eigenvalue weighted by molar-refractivity contribution is 7.89. The minimum absolute atomic E-state index is 0.0280. The molecule has 9 heteroatoms. The Morgan fingerprint density at radius 1 is 1.25 bits per heavy atom. The monoisotopic (exact) mass is 430 g/mol. The standard InChI is InChI=1S/C19H27ClN2O5S/c1-3-22(4-2)28(24,25)17-12-14(7-8-16(17)20)18(23)21-9-5-6-15(13-21)19-26-10-11-27-19/h7-8,12,15,19H,3-6,9-11,13H2,1-2H3. The highest BCUT2D eigenvalue weighted by atomic mass is 35.5. The number of benzene rings is 1. The quantitative estimate of drug-likeness (QED) is 0.693. The Balaban J connectivity index is 1.82. The first kappa shape index (κ1) is 21.5. The summed E-state index contributed by atoms with van der Waals surface area (Å²) in [6, 6.07) is 4.46. The summed E-state index contributed by atoms with van der Waals surface area (Å²) < 4.78 is 38.3. The third-order valence-electron chi connectivity index (χ3n) is 5.28. The Bertz CT molecular complexity index is 807. The van der Waals surface area contributed by atoms with Gasteiger partial charge in [0, 0.05) is 37.7 Å². The molecule has 0 aliphatic carbocycles. The van der Waals surface area contributed by atoms with Crippen LogP contribution in [0.3, 0.4) is 0 Å². The summed E-state index contributed by atoms with van der Waals surface area (Å²) in [6.45, 7) is 6.53. The summed E-state index contributed by atoms with van der Waals surface area (Å²) in [6.07, 6.45) is 1.54. The van der Waals surface area contributed by atoms with Crippen molar-refractivity contribution in [2.75, 3.05) is 39.4 Å². The molecule has 2 aliphatic heterocycles. The molecule has 2 aliphatic rings. The first-order valence-corrected chi connectivity index (χ1v) is 11.5. The molecule has 1 aromatic carbocycles. The Labute approximate surface area is 171 Å². The smallest absolute Gasteiger partial charge is 0.253 e. The van der Waals surface area contributed by atoms with Crippen LogP contribution in [0.4, 0.5) is 0 Å². The van der Waals surface area contributed by atoms with Crippen molar-refractivity contribution in [3.8, 4) is 0 Å². The summed E-state index contributed by atoms with van der Waals surface area (Å²) in [4.78, 5) is 14.8. The minimum atomic E-state index is -3.75. The fourth-order valence-corrected chi connectivity index (χ4v) is 5.74. The van der Waals surface area contributed by atoms with Gasteiger partial charge in [-0.15, -0.1) is 0 Å². The molecule has 0 N–H and O–H groups in total. The highest BCUT2D eigenvalue weighted by Crippen LogP contribution is 2.29. The van der Waals surface area contributed by atoms with Crippen molar-refractivity contribution in [3.63, 3.8) is 0 Å². The van der Waals surface area contributed by atoms with E-state index >= 15 is 0 Å². The van der Waals surface area contributed by atoms with Gasteiger partial charge in [-0.1, -0.05) is 25.4 Å². The summed E-state index contributed by atoms with van der Waals surface area (Å²) in [5.74, 6) is -0.0678. The summed E-state index contributed by atoms with van der Waals surface area (Å²) in [5.41, 5.74) is 0.323. The predicted octanol–water partition coefficient (Wildman–Crippen LogP) is 2.60. The average molecular weight is 431 g/mol. The maximum Gasteiger partial charge on any atom is 0.253 e. The highest BCUT2D eigenvalue weighted by Gasteiger charge is 2.33. The molecule has 1 unspecified atom stereocenters. The Hall–Kier alpha value is -1.19. The third-order valence-corrected chi connectivity index (χ3v) is 7.81. The van der Waals surface area contributed by atoms with Crippen molar-refractivity contribution < 1.29 is 22.7 Å². The second-order valence-electron chi connectivity index (χ2n) is 7.00. The molecule has 1 amide bonds. The number of carbonyl (C=O) groups is 1. The lowest BCUT2D eigenvalue weighted by Crippen LogP contribution is -2.43. The summed E-state index contributed by atoms with van der Waals surface area (Å²) in [5, 5.41) is 0.118. The number of sulfonamides is 1. The van der Waals surface area contributed by atoms with Crippen LogP contribution in [0.2, 0.25) is 5.02 Å². The zero-order valence-corrected chi connectivity index (χ0v) is 17.8. The van der Waals surface area contributed by atoms with Gasteiger partial charge in [0.2, 0.25) is 10.0 Å². The van der Waals surface area contributed by atoms with E-state index in [-0.39, 0.29) is 28.0 Å². The number of rotatable bonds is 6. The van der Waals surface area contributed by atoms with E-state index in [2.05, 4.69) is 0 Å². The molecule has 0 aromatic heterocycles. The second-order valence-corrected chi connectivity index (χ2v) is 9.31. The van der Waals surface area contributed by atoms with Crippen LogP contribution >= 0.6 is 11.6 Å². The summed E-state index contributed by atoms with van der Waals surface area (Å²) >= 11 is 6.17. The number of nitrogens with zero attached hydrogens (tertiary/aromatic N) is 2. The van der Waals surface area contributed by atoms with Crippen LogP contribution < -0.4 is 0 Å². The van der Waals surface area contributed by atoms with Gasteiger partial charge in [-0.3, -0.25) is 4.79 Å². The molecule has 0 saturated carbocycles. The molecule has 28 heavy (non-hydrogen) atoms. The predicted molar refractivity (Wildman–Crippen MR) is 106 cm³/mol. The van der Waals surface area contributed by atoms with E-state index in [1.54, 1.807) is 24.8 Å². The Morgan fingerprint density at radius 3 is 2.57 bits per heavy atom. The lowest BCUT2D eigenvalue weighted by atomic mass is 9.96. The molecule has 156 valence electrons. The van der Waals surface area contributed by atoms with Crippen molar-refractivity contribution in [2.24, 2.45) is 5.92 Å². The van der Waals surface area contributed by atoms with Gasteiger partial charge in [0.25, 0.3) is 5.91 Å². The molecular formula is C19H27ClN2O5S. The lowest BCUT2D eigenvalue weighted by molar-refractivity contribution is -0.0969. The Kier molecular flexibility index (Phi) is 6.98. The minimum Gasteiger partial charge on any atom is -0.350 e. The number of ether oxygens (including phenoxy) is 2.